The van der Waals surface area contributed by atoms with E-state index in [4.69, 9.17) is 5.73 Å². The maximum absolute atomic E-state index is 12.2. The summed E-state index contributed by atoms with van der Waals surface area (Å²) >= 11 is 0. The average Bonchev–Trinajstić information content (AvgIpc) is 2.55. The van der Waals surface area contributed by atoms with Gasteiger partial charge in [-0.15, -0.1) is 0 Å². The second kappa shape index (κ2) is 7.57. The summed E-state index contributed by atoms with van der Waals surface area (Å²) < 4.78 is 0. The molecule has 0 saturated heterocycles. The van der Waals surface area contributed by atoms with Crippen LogP contribution in [0.3, 0.4) is 0 Å². The molecule has 4 N–H and O–H groups in total. The summed E-state index contributed by atoms with van der Waals surface area (Å²) in [7, 11) is 0. The molecule has 1 amide bonds. The lowest BCUT2D eigenvalue weighted by molar-refractivity contribution is -0.123. The lowest BCUT2D eigenvalue weighted by Gasteiger charge is -2.19. The molecule has 0 fully saturated rings. The summed E-state index contributed by atoms with van der Waals surface area (Å²) in [5, 5.41) is 12.2. The highest BCUT2D eigenvalue weighted by atomic mass is 16.3. The number of amides is 1. The van der Waals surface area contributed by atoms with E-state index < -0.39 is 6.04 Å². The van der Waals surface area contributed by atoms with Gasteiger partial charge in [0.05, 0.1) is 12.6 Å². The van der Waals surface area contributed by atoms with Crippen LogP contribution in [0.15, 0.2) is 60.7 Å². The Kier molecular flexibility index (Phi) is 5.49. The first kappa shape index (κ1) is 15.2. The number of carbonyl (C=O) groups is 1. The molecule has 0 aliphatic carbocycles. The van der Waals surface area contributed by atoms with Crippen molar-refractivity contribution in [1.29, 1.82) is 0 Å². The summed E-state index contributed by atoms with van der Waals surface area (Å²) in [5.74, 6) is -0.281. The van der Waals surface area contributed by atoms with Crippen molar-refractivity contribution < 1.29 is 9.90 Å². The van der Waals surface area contributed by atoms with E-state index >= 15 is 0 Å². The van der Waals surface area contributed by atoms with E-state index in [9.17, 15) is 9.90 Å². The molecule has 0 aromatic heterocycles. The predicted octanol–water partition coefficient (Wildman–Crippen LogP) is 1.41. The van der Waals surface area contributed by atoms with E-state index in [0.717, 1.165) is 11.1 Å². The van der Waals surface area contributed by atoms with Crippen LogP contribution in [-0.4, -0.2) is 23.7 Å². The first-order valence-corrected chi connectivity index (χ1v) is 6.96. The van der Waals surface area contributed by atoms with Crippen LogP contribution in [0.5, 0.6) is 0 Å². The van der Waals surface area contributed by atoms with Crippen molar-refractivity contribution in [2.75, 3.05) is 6.61 Å². The Morgan fingerprint density at radius 2 is 1.62 bits per heavy atom. The number of nitrogens with one attached hydrogen (secondary N) is 1. The quantitative estimate of drug-likeness (QED) is 0.750. The van der Waals surface area contributed by atoms with E-state index in [2.05, 4.69) is 5.32 Å². The Balaban J connectivity index is 1.96. The molecule has 110 valence electrons. The number of rotatable bonds is 6. The van der Waals surface area contributed by atoms with Crippen LogP contribution >= 0.6 is 0 Å². The minimum atomic E-state index is -0.726. The third-order valence-electron chi connectivity index (χ3n) is 3.33. The van der Waals surface area contributed by atoms with Crippen molar-refractivity contribution in [3.8, 4) is 0 Å². The molecule has 4 heteroatoms. The van der Waals surface area contributed by atoms with Crippen LogP contribution in [0.2, 0.25) is 0 Å². The Labute approximate surface area is 124 Å². The smallest absolute Gasteiger partial charge is 0.241 e. The molecule has 0 aliphatic rings. The molecule has 0 bridgehead atoms. The number of carbonyl (C=O) groups excluding carboxylic acids is 1. The van der Waals surface area contributed by atoms with Crippen LogP contribution in [0.25, 0.3) is 0 Å². The van der Waals surface area contributed by atoms with Crippen molar-refractivity contribution in [1.82, 2.24) is 5.32 Å². The highest BCUT2D eigenvalue weighted by Gasteiger charge is 2.19. The Morgan fingerprint density at radius 1 is 1.05 bits per heavy atom. The second-order valence-electron chi connectivity index (χ2n) is 4.97. The van der Waals surface area contributed by atoms with E-state index in [1.54, 1.807) is 0 Å². The summed E-state index contributed by atoms with van der Waals surface area (Å²) in [6.45, 7) is -0.123. The van der Waals surface area contributed by atoms with E-state index in [-0.39, 0.29) is 18.6 Å². The maximum Gasteiger partial charge on any atom is 0.241 e. The molecule has 2 aromatic carbocycles. The van der Waals surface area contributed by atoms with Crippen LogP contribution < -0.4 is 11.1 Å². The predicted molar refractivity (Wildman–Crippen MR) is 82.5 cm³/mol. The Bertz CT molecular complexity index is 558. The van der Waals surface area contributed by atoms with E-state index in [0.29, 0.717) is 6.42 Å². The zero-order valence-electron chi connectivity index (χ0n) is 11.8. The molecule has 2 atom stereocenters. The molecular weight excluding hydrogens is 264 g/mol. The van der Waals surface area contributed by atoms with Crippen LogP contribution in [0, 0.1) is 0 Å². The Hall–Kier alpha value is -2.17. The van der Waals surface area contributed by atoms with Gasteiger partial charge in [0.2, 0.25) is 5.91 Å². The van der Waals surface area contributed by atoms with Crippen molar-refractivity contribution >= 4 is 5.91 Å². The molecule has 2 rings (SSSR count). The van der Waals surface area contributed by atoms with Gasteiger partial charge in [-0.05, 0) is 17.5 Å². The monoisotopic (exact) mass is 284 g/mol. The molecule has 4 nitrogen and oxygen atoms in total. The molecule has 21 heavy (non-hydrogen) atoms. The van der Waals surface area contributed by atoms with E-state index in [1.807, 2.05) is 60.7 Å². The highest BCUT2D eigenvalue weighted by molar-refractivity contribution is 5.83. The van der Waals surface area contributed by atoms with Gasteiger partial charge in [0.1, 0.15) is 6.04 Å². The van der Waals surface area contributed by atoms with E-state index in [1.165, 1.54) is 0 Å². The van der Waals surface area contributed by atoms with Gasteiger partial charge in [-0.3, -0.25) is 4.79 Å². The summed E-state index contributed by atoms with van der Waals surface area (Å²) in [4.78, 5) is 12.2. The molecule has 0 heterocycles. The van der Waals surface area contributed by atoms with Gasteiger partial charge in [0.25, 0.3) is 0 Å². The van der Waals surface area contributed by atoms with Crippen molar-refractivity contribution in [2.24, 2.45) is 5.73 Å². The lowest BCUT2D eigenvalue weighted by atomic mass is 10.0. The first-order chi connectivity index (χ1) is 10.2. The summed E-state index contributed by atoms with van der Waals surface area (Å²) in [6.07, 6.45) is 0.574. The summed E-state index contributed by atoms with van der Waals surface area (Å²) in [5.41, 5.74) is 7.76. The highest BCUT2D eigenvalue weighted by Crippen LogP contribution is 2.10. The molecule has 2 aromatic rings. The lowest BCUT2D eigenvalue weighted by Crippen LogP contribution is -2.43. The molecule has 0 aliphatic heterocycles. The van der Waals surface area contributed by atoms with Gasteiger partial charge in [-0.1, -0.05) is 60.7 Å². The largest absolute Gasteiger partial charge is 0.394 e. The van der Waals surface area contributed by atoms with Crippen LogP contribution in [-0.2, 0) is 11.2 Å². The number of aliphatic hydroxyl groups excluding tert-OH is 1. The molecule has 0 radical (unpaired) electrons. The average molecular weight is 284 g/mol. The van der Waals surface area contributed by atoms with Gasteiger partial charge >= 0.3 is 0 Å². The molecule has 0 unspecified atom stereocenters. The zero-order chi connectivity index (χ0) is 15.1. The minimum Gasteiger partial charge on any atom is -0.394 e. The number of aliphatic hydroxyl groups is 1. The molecule has 0 spiro atoms. The third kappa shape index (κ3) is 4.41. The van der Waals surface area contributed by atoms with Gasteiger partial charge in [-0.2, -0.15) is 0 Å². The zero-order valence-corrected chi connectivity index (χ0v) is 11.8. The third-order valence-corrected chi connectivity index (χ3v) is 3.33. The van der Waals surface area contributed by atoms with Gasteiger partial charge in [-0.25, -0.2) is 0 Å². The fourth-order valence-electron chi connectivity index (χ4n) is 2.16. The topological polar surface area (TPSA) is 75.4 Å². The standard InChI is InChI=1S/C17H20N2O2/c18-16(14-9-5-2-6-10-14)17(21)19-15(12-20)11-13-7-3-1-4-8-13/h1-10,15-16,20H,11-12,18H2,(H,19,21)/t15-,16-/m0/s1. The van der Waals surface area contributed by atoms with Crippen molar-refractivity contribution in [3.63, 3.8) is 0 Å². The van der Waals surface area contributed by atoms with Gasteiger partial charge in [0, 0.05) is 0 Å². The fraction of sp³-hybridized carbons (Fsp3) is 0.235. The van der Waals surface area contributed by atoms with Gasteiger partial charge in [0.15, 0.2) is 0 Å². The van der Waals surface area contributed by atoms with Crippen LogP contribution in [0.4, 0.5) is 0 Å². The van der Waals surface area contributed by atoms with Crippen molar-refractivity contribution in [3.05, 3.63) is 71.8 Å². The molecule has 0 saturated carbocycles. The minimum absolute atomic E-state index is 0.123. The molecular formula is C17H20N2O2. The van der Waals surface area contributed by atoms with Gasteiger partial charge < -0.3 is 16.2 Å². The first-order valence-electron chi connectivity index (χ1n) is 6.96. The van der Waals surface area contributed by atoms with Crippen LogP contribution in [0.1, 0.15) is 17.2 Å². The summed E-state index contributed by atoms with van der Waals surface area (Å²) in [6, 6.07) is 17.9. The fourth-order valence-corrected chi connectivity index (χ4v) is 2.16. The number of hydrogen-bond acceptors (Lipinski definition) is 3. The number of benzene rings is 2. The number of hydrogen-bond donors (Lipinski definition) is 3. The normalized spacial score (nSPS) is 13.4. The number of nitrogens with two attached hydrogens (primary N) is 1. The SMILES string of the molecule is N[C@H](C(=O)N[C@H](CO)Cc1ccccc1)c1ccccc1. The maximum atomic E-state index is 12.2. The second-order valence-corrected chi connectivity index (χ2v) is 4.97. The Morgan fingerprint density at radius 3 is 2.19 bits per heavy atom. The van der Waals surface area contributed by atoms with Crippen molar-refractivity contribution in [2.45, 2.75) is 18.5 Å².